The monoisotopic (exact) mass is 328 g/mol. The van der Waals surface area contributed by atoms with E-state index in [1.54, 1.807) is 36.4 Å². The molecule has 2 aromatic carbocycles. The van der Waals surface area contributed by atoms with Crippen LogP contribution in [0.3, 0.4) is 0 Å². The molecule has 5 heteroatoms. The van der Waals surface area contributed by atoms with Crippen molar-refractivity contribution in [2.45, 2.75) is 19.8 Å². The lowest BCUT2D eigenvalue weighted by atomic mass is 9.77. The summed E-state index contributed by atoms with van der Waals surface area (Å²) in [7, 11) is 0. The van der Waals surface area contributed by atoms with E-state index in [-0.39, 0.29) is 17.7 Å². The number of aliphatic hydroxyl groups is 1. The van der Waals surface area contributed by atoms with Crippen LogP contribution < -0.4 is 0 Å². The lowest BCUT2D eigenvalue weighted by Crippen LogP contribution is -2.29. The molecule has 0 spiro atoms. The number of aromatic carboxylic acids is 2. The number of carbonyl (C=O) groups is 2. The van der Waals surface area contributed by atoms with Crippen molar-refractivity contribution in [1.82, 2.24) is 0 Å². The molecule has 2 rings (SSSR count). The number of hydrogen-bond donors (Lipinski definition) is 3. The zero-order chi connectivity index (χ0) is 17.7. The Balaban J connectivity index is 2.34. The van der Waals surface area contributed by atoms with Gasteiger partial charge in [-0.2, -0.15) is 0 Å². The Kier molecular flexibility index (Phi) is 5.36. The molecule has 0 saturated heterocycles. The minimum absolute atomic E-state index is 0.186. The second-order valence-electron chi connectivity index (χ2n) is 6.25. The first-order valence-electron chi connectivity index (χ1n) is 7.59. The summed E-state index contributed by atoms with van der Waals surface area (Å²) in [6, 6.07) is 13.3. The molecule has 0 unspecified atom stereocenters. The molecular formula is C19H20O5. The summed E-state index contributed by atoms with van der Waals surface area (Å²) in [6.45, 7) is 1.64. The van der Waals surface area contributed by atoms with Crippen LogP contribution >= 0.6 is 0 Å². The van der Waals surface area contributed by atoms with E-state index in [2.05, 4.69) is 0 Å². The first-order valence-corrected chi connectivity index (χ1v) is 7.59. The number of hydrogen-bond acceptors (Lipinski definition) is 3. The van der Waals surface area contributed by atoms with Crippen molar-refractivity contribution in [2.75, 3.05) is 6.61 Å². The topological polar surface area (TPSA) is 94.8 Å². The van der Waals surface area contributed by atoms with Gasteiger partial charge in [-0.15, -0.1) is 0 Å². The number of carboxylic acids is 2. The lowest BCUT2D eigenvalue weighted by Gasteiger charge is -2.29. The largest absolute Gasteiger partial charge is 0.478 e. The number of rotatable bonds is 7. The van der Waals surface area contributed by atoms with Gasteiger partial charge >= 0.3 is 11.9 Å². The highest BCUT2D eigenvalue weighted by Gasteiger charge is 2.28. The van der Waals surface area contributed by atoms with Gasteiger partial charge in [-0.3, -0.25) is 0 Å². The molecule has 0 radical (unpaired) electrons. The van der Waals surface area contributed by atoms with Gasteiger partial charge in [0.25, 0.3) is 0 Å². The van der Waals surface area contributed by atoms with Gasteiger partial charge in [-0.05, 0) is 41.5 Å². The molecule has 0 aliphatic heterocycles. The van der Waals surface area contributed by atoms with E-state index in [0.717, 1.165) is 0 Å². The predicted octanol–water partition coefficient (Wildman–Crippen LogP) is 2.87. The standard InChI is InChI=1S/C19H20O5/c1-19(12-20,10-13-6-2-4-8-15(13)17(21)22)11-14-7-3-5-9-16(14)18(23)24/h2-9,20H,10-12H2,1H3,(H,21,22)(H,23,24). The molecule has 0 aliphatic carbocycles. The quantitative estimate of drug-likeness (QED) is 0.726. The zero-order valence-corrected chi connectivity index (χ0v) is 13.4. The molecule has 0 fully saturated rings. The Labute approximate surface area is 140 Å². The van der Waals surface area contributed by atoms with Crippen LogP contribution in [-0.2, 0) is 12.8 Å². The third kappa shape index (κ3) is 4.00. The van der Waals surface area contributed by atoms with Crippen molar-refractivity contribution in [3.8, 4) is 0 Å². The van der Waals surface area contributed by atoms with Crippen LogP contribution in [0.2, 0.25) is 0 Å². The van der Waals surface area contributed by atoms with Crippen LogP contribution in [0, 0.1) is 5.41 Å². The van der Waals surface area contributed by atoms with Gasteiger partial charge in [0.1, 0.15) is 0 Å². The van der Waals surface area contributed by atoms with Crippen molar-refractivity contribution in [2.24, 2.45) is 5.41 Å². The van der Waals surface area contributed by atoms with Crippen LogP contribution in [0.4, 0.5) is 0 Å². The molecule has 0 bridgehead atoms. The molecule has 0 atom stereocenters. The average molecular weight is 328 g/mol. The zero-order valence-electron chi connectivity index (χ0n) is 13.4. The van der Waals surface area contributed by atoms with Crippen LogP contribution in [0.1, 0.15) is 38.8 Å². The summed E-state index contributed by atoms with van der Waals surface area (Å²) in [5.41, 5.74) is 0.966. The smallest absolute Gasteiger partial charge is 0.335 e. The van der Waals surface area contributed by atoms with Gasteiger partial charge in [0.2, 0.25) is 0 Å². The van der Waals surface area contributed by atoms with Crippen LogP contribution in [-0.4, -0.2) is 33.9 Å². The summed E-state index contributed by atoms with van der Waals surface area (Å²) < 4.78 is 0. The third-order valence-corrected chi connectivity index (χ3v) is 4.11. The lowest BCUT2D eigenvalue weighted by molar-refractivity contribution is 0.0685. The minimum atomic E-state index is -1.02. The van der Waals surface area contributed by atoms with Gasteiger partial charge in [-0.1, -0.05) is 43.3 Å². The first-order chi connectivity index (χ1) is 11.4. The highest BCUT2D eigenvalue weighted by atomic mass is 16.4. The maximum absolute atomic E-state index is 11.4. The second kappa shape index (κ2) is 7.27. The van der Waals surface area contributed by atoms with Crippen molar-refractivity contribution in [1.29, 1.82) is 0 Å². The van der Waals surface area contributed by atoms with E-state index < -0.39 is 17.4 Å². The summed E-state index contributed by atoms with van der Waals surface area (Å²) in [6.07, 6.45) is 0.667. The molecular weight excluding hydrogens is 308 g/mol. The van der Waals surface area contributed by atoms with E-state index in [1.165, 1.54) is 12.1 Å². The van der Waals surface area contributed by atoms with E-state index in [1.807, 2.05) is 6.92 Å². The van der Waals surface area contributed by atoms with Gasteiger partial charge in [0.15, 0.2) is 0 Å². The van der Waals surface area contributed by atoms with Crippen molar-refractivity contribution >= 4 is 11.9 Å². The number of benzene rings is 2. The Morgan fingerprint density at radius 2 is 1.21 bits per heavy atom. The fourth-order valence-electron chi connectivity index (χ4n) is 2.86. The van der Waals surface area contributed by atoms with Crippen molar-refractivity contribution in [3.05, 3.63) is 70.8 Å². The maximum atomic E-state index is 11.4. The van der Waals surface area contributed by atoms with E-state index in [9.17, 15) is 24.9 Å². The van der Waals surface area contributed by atoms with Crippen LogP contribution in [0.5, 0.6) is 0 Å². The normalized spacial score (nSPS) is 11.2. The Bertz CT molecular complexity index is 691. The summed E-state index contributed by atoms with van der Waals surface area (Å²) >= 11 is 0. The first kappa shape index (κ1) is 17.7. The molecule has 0 saturated carbocycles. The van der Waals surface area contributed by atoms with E-state index >= 15 is 0 Å². The van der Waals surface area contributed by atoms with Crippen molar-refractivity contribution in [3.63, 3.8) is 0 Å². The van der Waals surface area contributed by atoms with Gasteiger partial charge in [0.05, 0.1) is 11.1 Å². The summed E-state index contributed by atoms with van der Waals surface area (Å²) in [4.78, 5) is 22.7. The molecule has 0 heterocycles. The minimum Gasteiger partial charge on any atom is -0.478 e. The Hall–Kier alpha value is -2.66. The molecule has 0 amide bonds. The van der Waals surface area contributed by atoms with E-state index in [0.29, 0.717) is 24.0 Å². The fourth-order valence-corrected chi connectivity index (χ4v) is 2.86. The summed E-state index contributed by atoms with van der Waals surface area (Å²) in [5, 5.41) is 28.5. The molecule has 24 heavy (non-hydrogen) atoms. The molecule has 5 nitrogen and oxygen atoms in total. The SMILES string of the molecule is CC(CO)(Cc1ccccc1C(=O)O)Cc1ccccc1C(=O)O. The molecule has 2 aromatic rings. The third-order valence-electron chi connectivity index (χ3n) is 4.11. The fraction of sp³-hybridized carbons (Fsp3) is 0.263. The molecule has 3 N–H and O–H groups in total. The highest BCUT2D eigenvalue weighted by molar-refractivity contribution is 5.90. The van der Waals surface area contributed by atoms with E-state index in [4.69, 9.17) is 0 Å². The molecule has 0 aliphatic rings. The number of aliphatic hydroxyl groups excluding tert-OH is 1. The maximum Gasteiger partial charge on any atom is 0.335 e. The number of carboxylic acid groups (broad SMARTS) is 2. The average Bonchev–Trinajstić information content (AvgIpc) is 2.55. The molecule has 126 valence electrons. The molecule has 0 aromatic heterocycles. The second-order valence-corrected chi connectivity index (χ2v) is 6.25. The van der Waals surface area contributed by atoms with Gasteiger partial charge in [-0.25, -0.2) is 9.59 Å². The van der Waals surface area contributed by atoms with Gasteiger partial charge < -0.3 is 15.3 Å². The van der Waals surface area contributed by atoms with Crippen molar-refractivity contribution < 1.29 is 24.9 Å². The Morgan fingerprint density at radius 3 is 1.54 bits per heavy atom. The predicted molar refractivity (Wildman–Crippen MR) is 89.4 cm³/mol. The highest BCUT2D eigenvalue weighted by Crippen LogP contribution is 2.30. The van der Waals surface area contributed by atoms with Crippen LogP contribution in [0.15, 0.2) is 48.5 Å². The van der Waals surface area contributed by atoms with Gasteiger partial charge in [0, 0.05) is 6.61 Å². The summed E-state index contributed by atoms with van der Waals surface area (Å²) in [5.74, 6) is -2.03. The van der Waals surface area contributed by atoms with Crippen LogP contribution in [0.25, 0.3) is 0 Å². The Morgan fingerprint density at radius 1 is 0.833 bits per heavy atom.